The molecule has 1 aromatic rings. The van der Waals surface area contributed by atoms with E-state index in [4.69, 9.17) is 10.00 Å². The van der Waals surface area contributed by atoms with Crippen LogP contribution in [-0.2, 0) is 9.53 Å². The minimum atomic E-state index is -0.994. The van der Waals surface area contributed by atoms with Crippen molar-refractivity contribution in [2.24, 2.45) is 0 Å². The van der Waals surface area contributed by atoms with Crippen LogP contribution >= 0.6 is 15.9 Å². The molecule has 2 rings (SSSR count). The molecule has 0 amide bonds. The minimum absolute atomic E-state index is 0.417. The predicted octanol–water partition coefficient (Wildman–Crippen LogP) is 2.37. The lowest BCUT2D eigenvalue weighted by Gasteiger charge is -2.34. The van der Waals surface area contributed by atoms with Gasteiger partial charge in [-0.05, 0) is 34.1 Å². The monoisotopic (exact) mass is 324 g/mol. The standard InChI is InChI=1S/C13H13BrN2O3/c14-11-7-10(2-1-9(11)8-15)16-13(12(17)18)3-5-19-6-4-13/h1-2,7,16H,3-6H2,(H,17,18). The Kier molecular flexibility index (Phi) is 4.08. The Labute approximate surface area is 119 Å². The van der Waals surface area contributed by atoms with E-state index in [-0.39, 0.29) is 0 Å². The van der Waals surface area contributed by atoms with Gasteiger partial charge in [0.15, 0.2) is 0 Å². The van der Waals surface area contributed by atoms with Gasteiger partial charge in [-0.2, -0.15) is 5.26 Å². The fraction of sp³-hybridized carbons (Fsp3) is 0.385. The van der Waals surface area contributed by atoms with Crippen molar-refractivity contribution in [3.63, 3.8) is 0 Å². The van der Waals surface area contributed by atoms with Gasteiger partial charge < -0.3 is 15.2 Å². The van der Waals surface area contributed by atoms with Crippen LogP contribution in [0.1, 0.15) is 18.4 Å². The number of nitriles is 1. The number of nitrogens with zero attached hydrogens (tertiary/aromatic N) is 1. The maximum absolute atomic E-state index is 11.5. The van der Waals surface area contributed by atoms with Crippen molar-refractivity contribution in [2.45, 2.75) is 18.4 Å². The normalized spacial score (nSPS) is 17.5. The maximum Gasteiger partial charge on any atom is 0.329 e. The van der Waals surface area contributed by atoms with Crippen LogP contribution in [0.15, 0.2) is 22.7 Å². The van der Waals surface area contributed by atoms with Gasteiger partial charge in [-0.25, -0.2) is 4.79 Å². The molecular formula is C13H13BrN2O3. The number of ether oxygens (including phenoxy) is 1. The van der Waals surface area contributed by atoms with Crippen LogP contribution < -0.4 is 5.32 Å². The highest BCUT2D eigenvalue weighted by atomic mass is 79.9. The van der Waals surface area contributed by atoms with Gasteiger partial charge >= 0.3 is 5.97 Å². The smallest absolute Gasteiger partial charge is 0.329 e. The summed E-state index contributed by atoms with van der Waals surface area (Å²) in [6.45, 7) is 0.855. The molecule has 0 unspecified atom stereocenters. The van der Waals surface area contributed by atoms with Crippen LogP contribution in [-0.4, -0.2) is 29.8 Å². The van der Waals surface area contributed by atoms with Crippen molar-refractivity contribution in [1.29, 1.82) is 5.26 Å². The van der Waals surface area contributed by atoms with Crippen LogP contribution in [0.25, 0.3) is 0 Å². The van der Waals surface area contributed by atoms with Crippen molar-refractivity contribution in [2.75, 3.05) is 18.5 Å². The van der Waals surface area contributed by atoms with Crippen molar-refractivity contribution in [3.05, 3.63) is 28.2 Å². The summed E-state index contributed by atoms with van der Waals surface area (Å²) in [6.07, 6.45) is 0.833. The van der Waals surface area contributed by atoms with E-state index >= 15 is 0 Å². The third-order valence-electron chi connectivity index (χ3n) is 3.23. The second kappa shape index (κ2) is 5.59. The van der Waals surface area contributed by atoms with E-state index < -0.39 is 11.5 Å². The zero-order chi connectivity index (χ0) is 13.9. The molecule has 0 spiro atoms. The number of benzene rings is 1. The lowest BCUT2D eigenvalue weighted by atomic mass is 9.89. The number of aliphatic carboxylic acids is 1. The van der Waals surface area contributed by atoms with E-state index in [1.54, 1.807) is 18.2 Å². The molecule has 6 heteroatoms. The van der Waals surface area contributed by atoms with Gasteiger partial charge in [-0.1, -0.05) is 0 Å². The molecule has 0 atom stereocenters. The third kappa shape index (κ3) is 2.88. The van der Waals surface area contributed by atoms with Gasteiger partial charge in [0.25, 0.3) is 0 Å². The van der Waals surface area contributed by atoms with Gasteiger partial charge in [0, 0.05) is 36.2 Å². The Morgan fingerprint density at radius 2 is 2.16 bits per heavy atom. The molecule has 2 N–H and O–H groups in total. The first-order valence-corrected chi connectivity index (χ1v) is 6.66. The molecule has 1 saturated heterocycles. The van der Waals surface area contributed by atoms with Crippen molar-refractivity contribution in [1.82, 2.24) is 0 Å². The van der Waals surface area contributed by atoms with E-state index in [0.29, 0.717) is 41.8 Å². The third-order valence-corrected chi connectivity index (χ3v) is 3.88. The van der Waals surface area contributed by atoms with Crippen molar-refractivity contribution in [3.8, 4) is 6.07 Å². The molecular weight excluding hydrogens is 312 g/mol. The van der Waals surface area contributed by atoms with Crippen LogP contribution in [0.2, 0.25) is 0 Å². The van der Waals surface area contributed by atoms with E-state index in [1.807, 2.05) is 6.07 Å². The van der Waals surface area contributed by atoms with Crippen LogP contribution in [0.5, 0.6) is 0 Å². The molecule has 1 fully saturated rings. The van der Waals surface area contributed by atoms with E-state index in [2.05, 4.69) is 21.2 Å². The molecule has 1 aliphatic rings. The molecule has 1 heterocycles. The highest BCUT2D eigenvalue weighted by Crippen LogP contribution is 2.28. The zero-order valence-electron chi connectivity index (χ0n) is 10.1. The van der Waals surface area contributed by atoms with Gasteiger partial charge in [-0.3, -0.25) is 0 Å². The van der Waals surface area contributed by atoms with Crippen LogP contribution in [0.4, 0.5) is 5.69 Å². The Hall–Kier alpha value is -1.58. The fourth-order valence-electron chi connectivity index (χ4n) is 2.07. The summed E-state index contributed by atoms with van der Waals surface area (Å²) >= 11 is 3.29. The summed E-state index contributed by atoms with van der Waals surface area (Å²) < 4.78 is 5.86. The highest BCUT2D eigenvalue weighted by Gasteiger charge is 2.40. The molecule has 1 aliphatic heterocycles. The molecule has 19 heavy (non-hydrogen) atoms. The molecule has 100 valence electrons. The Balaban J connectivity index is 2.25. The number of carboxylic acid groups (broad SMARTS) is 1. The first-order valence-electron chi connectivity index (χ1n) is 5.86. The molecule has 0 aliphatic carbocycles. The zero-order valence-corrected chi connectivity index (χ0v) is 11.7. The minimum Gasteiger partial charge on any atom is -0.480 e. The topological polar surface area (TPSA) is 82.4 Å². The maximum atomic E-state index is 11.5. The number of anilines is 1. The van der Waals surface area contributed by atoms with Crippen LogP contribution in [0, 0.1) is 11.3 Å². The first kappa shape index (κ1) is 13.8. The summed E-state index contributed by atoms with van der Waals surface area (Å²) in [5.74, 6) is -0.878. The lowest BCUT2D eigenvalue weighted by molar-refractivity contribution is -0.145. The summed E-state index contributed by atoms with van der Waals surface area (Å²) in [4.78, 5) is 11.5. The molecule has 5 nitrogen and oxygen atoms in total. The molecule has 0 radical (unpaired) electrons. The van der Waals surface area contributed by atoms with E-state index in [1.165, 1.54) is 0 Å². The molecule has 0 saturated carbocycles. The average Bonchev–Trinajstić information content (AvgIpc) is 2.40. The lowest BCUT2D eigenvalue weighted by Crippen LogP contribution is -2.50. The summed E-state index contributed by atoms with van der Waals surface area (Å²) in [6, 6.07) is 7.13. The van der Waals surface area contributed by atoms with Crippen molar-refractivity contribution >= 4 is 27.6 Å². The second-order valence-corrected chi connectivity index (χ2v) is 5.29. The Bertz CT molecular complexity index is 533. The summed E-state index contributed by atoms with van der Waals surface area (Å²) in [5.41, 5.74) is 0.198. The van der Waals surface area contributed by atoms with Gasteiger partial charge in [0.1, 0.15) is 11.6 Å². The molecule has 1 aromatic carbocycles. The van der Waals surface area contributed by atoms with E-state index in [0.717, 1.165) is 0 Å². The summed E-state index contributed by atoms with van der Waals surface area (Å²) in [5, 5.41) is 21.4. The molecule has 0 aromatic heterocycles. The highest BCUT2D eigenvalue weighted by molar-refractivity contribution is 9.10. The largest absolute Gasteiger partial charge is 0.480 e. The Morgan fingerprint density at radius 1 is 1.47 bits per heavy atom. The second-order valence-electron chi connectivity index (χ2n) is 4.43. The fourth-order valence-corrected chi connectivity index (χ4v) is 2.54. The quantitative estimate of drug-likeness (QED) is 0.891. The van der Waals surface area contributed by atoms with E-state index in [9.17, 15) is 9.90 Å². The Morgan fingerprint density at radius 3 is 2.68 bits per heavy atom. The van der Waals surface area contributed by atoms with Gasteiger partial charge in [-0.15, -0.1) is 0 Å². The first-order chi connectivity index (χ1) is 9.07. The number of halogens is 1. The SMILES string of the molecule is N#Cc1ccc(NC2(C(=O)O)CCOCC2)cc1Br. The van der Waals surface area contributed by atoms with Gasteiger partial charge in [0.05, 0.1) is 5.56 Å². The number of carboxylic acids is 1. The average molecular weight is 325 g/mol. The predicted molar refractivity (Wildman–Crippen MR) is 72.9 cm³/mol. The summed E-state index contributed by atoms with van der Waals surface area (Å²) in [7, 11) is 0. The number of hydrogen-bond acceptors (Lipinski definition) is 4. The van der Waals surface area contributed by atoms with Crippen LogP contribution in [0.3, 0.4) is 0 Å². The number of nitrogens with one attached hydrogen (secondary N) is 1. The number of carbonyl (C=O) groups is 1. The van der Waals surface area contributed by atoms with Crippen molar-refractivity contribution < 1.29 is 14.6 Å². The number of hydrogen-bond donors (Lipinski definition) is 2. The number of rotatable bonds is 3. The molecule has 0 bridgehead atoms. The van der Waals surface area contributed by atoms with Gasteiger partial charge in [0.2, 0.25) is 0 Å².